The summed E-state index contributed by atoms with van der Waals surface area (Å²) in [6.45, 7) is 1.99. The van der Waals surface area contributed by atoms with Crippen LogP contribution in [0, 0.1) is 0 Å². The Hall–Kier alpha value is -2.16. The fraction of sp³-hybridized carbons (Fsp3) is 0.143. The highest BCUT2D eigenvalue weighted by atomic mass is 16.3. The van der Waals surface area contributed by atoms with Crippen molar-refractivity contribution in [3.63, 3.8) is 0 Å². The SMILES string of the molecule is C[C@@H](N=Cc1cccc(O)c1)c1ccccn1. The lowest BCUT2D eigenvalue weighted by Crippen LogP contribution is -1.93. The van der Waals surface area contributed by atoms with E-state index >= 15 is 0 Å². The number of nitrogens with zero attached hydrogens (tertiary/aromatic N) is 2. The molecule has 3 nitrogen and oxygen atoms in total. The Morgan fingerprint density at radius 3 is 2.82 bits per heavy atom. The predicted molar refractivity (Wildman–Crippen MR) is 68.4 cm³/mol. The van der Waals surface area contributed by atoms with Crippen LogP contribution in [0.5, 0.6) is 5.75 Å². The van der Waals surface area contributed by atoms with Gasteiger partial charge in [-0.15, -0.1) is 0 Å². The number of rotatable bonds is 3. The lowest BCUT2D eigenvalue weighted by atomic mass is 10.2. The highest BCUT2D eigenvalue weighted by Gasteiger charge is 2.02. The van der Waals surface area contributed by atoms with Gasteiger partial charge in [0.05, 0.1) is 11.7 Å². The summed E-state index contributed by atoms with van der Waals surface area (Å²) in [6.07, 6.45) is 3.51. The molecule has 17 heavy (non-hydrogen) atoms. The van der Waals surface area contributed by atoms with Gasteiger partial charge in [-0.3, -0.25) is 9.98 Å². The van der Waals surface area contributed by atoms with E-state index in [1.165, 1.54) is 0 Å². The van der Waals surface area contributed by atoms with Crippen molar-refractivity contribution in [1.29, 1.82) is 0 Å². The Morgan fingerprint density at radius 1 is 1.24 bits per heavy atom. The number of aliphatic imine (C=N–C) groups is 1. The molecule has 1 atom stereocenters. The smallest absolute Gasteiger partial charge is 0.116 e. The van der Waals surface area contributed by atoms with Crippen LogP contribution < -0.4 is 0 Å². The number of hydrogen-bond donors (Lipinski definition) is 1. The lowest BCUT2D eigenvalue weighted by Gasteiger charge is -2.04. The fourth-order valence-electron chi connectivity index (χ4n) is 1.50. The summed E-state index contributed by atoms with van der Waals surface area (Å²) in [7, 11) is 0. The van der Waals surface area contributed by atoms with Gasteiger partial charge in [0.15, 0.2) is 0 Å². The minimum Gasteiger partial charge on any atom is -0.508 e. The zero-order valence-corrected chi connectivity index (χ0v) is 9.62. The molecule has 1 aromatic heterocycles. The summed E-state index contributed by atoms with van der Waals surface area (Å²) in [6, 6.07) is 12.8. The number of benzene rings is 1. The molecule has 0 unspecified atom stereocenters. The van der Waals surface area contributed by atoms with E-state index in [-0.39, 0.29) is 11.8 Å². The molecule has 1 aromatic carbocycles. The molecule has 0 fully saturated rings. The molecule has 86 valence electrons. The molecule has 0 aliphatic heterocycles. The van der Waals surface area contributed by atoms with E-state index in [9.17, 15) is 5.11 Å². The van der Waals surface area contributed by atoms with Crippen LogP contribution in [-0.2, 0) is 0 Å². The standard InChI is InChI=1S/C14H14N2O/c1-11(14-7-2-3-8-15-14)16-10-12-5-4-6-13(17)9-12/h2-11,17H,1H3/t11-/m1/s1. The van der Waals surface area contributed by atoms with Gasteiger partial charge in [-0.2, -0.15) is 0 Å². The third-order valence-electron chi connectivity index (χ3n) is 2.43. The average molecular weight is 226 g/mol. The molecule has 0 spiro atoms. The summed E-state index contributed by atoms with van der Waals surface area (Å²) >= 11 is 0. The minimum atomic E-state index is 0.0125. The molecule has 1 heterocycles. The maximum Gasteiger partial charge on any atom is 0.116 e. The number of aromatic nitrogens is 1. The molecular weight excluding hydrogens is 212 g/mol. The average Bonchev–Trinajstić information content (AvgIpc) is 2.37. The Bertz CT molecular complexity index is 509. The first-order chi connectivity index (χ1) is 8.25. The third kappa shape index (κ3) is 3.14. The number of pyridine rings is 1. The van der Waals surface area contributed by atoms with E-state index in [1.807, 2.05) is 31.2 Å². The van der Waals surface area contributed by atoms with Crippen molar-refractivity contribution in [1.82, 2.24) is 4.98 Å². The Balaban J connectivity index is 2.11. The first kappa shape index (κ1) is 11.3. The second kappa shape index (κ2) is 5.25. The first-order valence-corrected chi connectivity index (χ1v) is 5.49. The summed E-state index contributed by atoms with van der Waals surface area (Å²) in [5, 5.41) is 9.32. The third-order valence-corrected chi connectivity index (χ3v) is 2.43. The highest BCUT2D eigenvalue weighted by Crippen LogP contribution is 2.14. The molecule has 0 radical (unpaired) electrons. The minimum absolute atomic E-state index is 0.0125. The highest BCUT2D eigenvalue weighted by molar-refractivity contribution is 5.80. The van der Waals surface area contributed by atoms with Crippen molar-refractivity contribution in [2.45, 2.75) is 13.0 Å². The Labute approximate surface area is 100 Å². The Morgan fingerprint density at radius 2 is 2.12 bits per heavy atom. The quantitative estimate of drug-likeness (QED) is 0.818. The molecule has 0 amide bonds. The maximum atomic E-state index is 9.32. The number of phenolic OH excluding ortho intramolecular Hbond substituents is 1. The number of phenols is 1. The zero-order chi connectivity index (χ0) is 12.1. The van der Waals surface area contributed by atoms with Crippen molar-refractivity contribution < 1.29 is 5.11 Å². The molecule has 1 N–H and O–H groups in total. The second-order valence-electron chi connectivity index (χ2n) is 3.80. The molecule has 0 aliphatic rings. The van der Waals surface area contributed by atoms with E-state index in [0.717, 1.165) is 11.3 Å². The van der Waals surface area contributed by atoms with Crippen LogP contribution in [0.1, 0.15) is 24.2 Å². The lowest BCUT2D eigenvalue weighted by molar-refractivity contribution is 0.475. The molecule has 0 saturated heterocycles. The van der Waals surface area contributed by atoms with Gasteiger partial charge in [-0.1, -0.05) is 18.2 Å². The van der Waals surface area contributed by atoms with Gasteiger partial charge in [0.25, 0.3) is 0 Å². The van der Waals surface area contributed by atoms with Gasteiger partial charge in [-0.05, 0) is 36.8 Å². The van der Waals surface area contributed by atoms with Gasteiger partial charge in [0.1, 0.15) is 5.75 Å². The topological polar surface area (TPSA) is 45.5 Å². The van der Waals surface area contributed by atoms with Gasteiger partial charge in [0, 0.05) is 12.4 Å². The van der Waals surface area contributed by atoms with Gasteiger partial charge in [-0.25, -0.2) is 0 Å². The van der Waals surface area contributed by atoms with Crippen LogP contribution in [0.4, 0.5) is 0 Å². The number of hydrogen-bond acceptors (Lipinski definition) is 3. The summed E-state index contributed by atoms with van der Waals surface area (Å²) < 4.78 is 0. The molecule has 0 aliphatic carbocycles. The Kier molecular flexibility index (Phi) is 3.50. The molecule has 0 saturated carbocycles. The maximum absolute atomic E-state index is 9.32. The summed E-state index contributed by atoms with van der Waals surface area (Å²) in [5.41, 5.74) is 1.82. The van der Waals surface area contributed by atoms with Gasteiger partial charge in [0.2, 0.25) is 0 Å². The monoisotopic (exact) mass is 226 g/mol. The second-order valence-corrected chi connectivity index (χ2v) is 3.80. The van der Waals surface area contributed by atoms with Crippen molar-refractivity contribution in [3.8, 4) is 5.75 Å². The number of aromatic hydroxyl groups is 1. The van der Waals surface area contributed by atoms with Crippen molar-refractivity contribution in [2.24, 2.45) is 4.99 Å². The van der Waals surface area contributed by atoms with Crippen LogP contribution in [0.25, 0.3) is 0 Å². The van der Waals surface area contributed by atoms with Crippen molar-refractivity contribution in [3.05, 3.63) is 59.9 Å². The summed E-state index contributed by atoms with van der Waals surface area (Å²) in [5.74, 6) is 0.249. The molecular formula is C14H14N2O. The van der Waals surface area contributed by atoms with Gasteiger partial charge < -0.3 is 5.11 Å². The summed E-state index contributed by atoms with van der Waals surface area (Å²) in [4.78, 5) is 8.65. The fourth-order valence-corrected chi connectivity index (χ4v) is 1.50. The first-order valence-electron chi connectivity index (χ1n) is 5.49. The normalized spacial score (nSPS) is 12.8. The van der Waals surface area contributed by atoms with Crippen LogP contribution in [-0.4, -0.2) is 16.3 Å². The van der Waals surface area contributed by atoms with E-state index in [1.54, 1.807) is 30.6 Å². The van der Waals surface area contributed by atoms with Crippen molar-refractivity contribution >= 4 is 6.21 Å². The van der Waals surface area contributed by atoms with Crippen LogP contribution >= 0.6 is 0 Å². The van der Waals surface area contributed by atoms with E-state index in [2.05, 4.69) is 9.98 Å². The molecule has 3 heteroatoms. The van der Waals surface area contributed by atoms with Crippen LogP contribution in [0.3, 0.4) is 0 Å². The molecule has 0 bridgehead atoms. The molecule has 2 aromatic rings. The zero-order valence-electron chi connectivity index (χ0n) is 9.62. The largest absolute Gasteiger partial charge is 0.508 e. The van der Waals surface area contributed by atoms with E-state index < -0.39 is 0 Å². The van der Waals surface area contributed by atoms with E-state index in [0.29, 0.717) is 0 Å². The van der Waals surface area contributed by atoms with Crippen LogP contribution in [0.15, 0.2) is 53.7 Å². The predicted octanol–water partition coefficient (Wildman–Crippen LogP) is 2.97. The van der Waals surface area contributed by atoms with Crippen LogP contribution in [0.2, 0.25) is 0 Å². The van der Waals surface area contributed by atoms with Crippen molar-refractivity contribution in [2.75, 3.05) is 0 Å². The molecule has 2 rings (SSSR count). The van der Waals surface area contributed by atoms with E-state index in [4.69, 9.17) is 0 Å². The van der Waals surface area contributed by atoms with Gasteiger partial charge >= 0.3 is 0 Å².